The Balaban J connectivity index is 1.99. The summed E-state index contributed by atoms with van der Waals surface area (Å²) in [5.74, 6) is 1.60. The number of fused-ring (bicyclic) bond motifs is 3. The van der Waals surface area contributed by atoms with Crippen molar-refractivity contribution >= 4 is 33.3 Å². The minimum atomic E-state index is 0.0429. The maximum atomic E-state index is 11.7. The molecule has 106 valence electrons. The molecule has 1 aliphatic carbocycles. The first-order valence-corrected chi connectivity index (χ1v) is 7.61. The molecule has 1 N–H and O–H groups in total. The normalized spacial score (nSPS) is 13.6. The van der Waals surface area contributed by atoms with E-state index < -0.39 is 0 Å². The SMILES string of the molecule is Cc1nc(NCC(=O)N(C)C)c2c3c(sc2n1)CCC3. The van der Waals surface area contributed by atoms with E-state index in [1.54, 1.807) is 30.3 Å². The number of hydrogen-bond donors (Lipinski definition) is 1. The summed E-state index contributed by atoms with van der Waals surface area (Å²) in [4.78, 5) is 24.8. The third kappa shape index (κ3) is 2.24. The van der Waals surface area contributed by atoms with Gasteiger partial charge in [0.15, 0.2) is 0 Å². The summed E-state index contributed by atoms with van der Waals surface area (Å²) in [6, 6.07) is 0. The molecule has 5 nitrogen and oxygen atoms in total. The van der Waals surface area contributed by atoms with E-state index >= 15 is 0 Å². The van der Waals surface area contributed by atoms with Crippen LogP contribution in [0, 0.1) is 6.92 Å². The average molecular weight is 290 g/mol. The number of thiophene rings is 1. The predicted octanol–water partition coefficient (Wildman–Crippen LogP) is 1.99. The Morgan fingerprint density at radius 2 is 2.15 bits per heavy atom. The van der Waals surface area contributed by atoms with Gasteiger partial charge >= 0.3 is 0 Å². The van der Waals surface area contributed by atoms with Gasteiger partial charge in [-0.1, -0.05) is 0 Å². The van der Waals surface area contributed by atoms with Crippen LogP contribution in [0.3, 0.4) is 0 Å². The van der Waals surface area contributed by atoms with E-state index in [4.69, 9.17) is 0 Å². The lowest BCUT2D eigenvalue weighted by Gasteiger charge is -2.12. The molecule has 0 atom stereocenters. The van der Waals surface area contributed by atoms with E-state index in [1.165, 1.54) is 16.9 Å². The molecule has 2 heterocycles. The zero-order valence-corrected chi connectivity index (χ0v) is 12.8. The van der Waals surface area contributed by atoms with Crippen LogP contribution in [0.25, 0.3) is 10.2 Å². The first-order chi connectivity index (χ1) is 9.56. The zero-order chi connectivity index (χ0) is 14.3. The monoisotopic (exact) mass is 290 g/mol. The molecule has 0 saturated heterocycles. The molecule has 1 aliphatic rings. The number of carbonyl (C=O) groups excluding carboxylic acids is 1. The number of anilines is 1. The van der Waals surface area contributed by atoms with Crippen molar-refractivity contribution in [3.63, 3.8) is 0 Å². The molecule has 0 fully saturated rings. The molecule has 0 bridgehead atoms. The lowest BCUT2D eigenvalue weighted by Crippen LogP contribution is -2.29. The summed E-state index contributed by atoms with van der Waals surface area (Å²) in [6.07, 6.45) is 3.45. The highest BCUT2D eigenvalue weighted by Gasteiger charge is 2.22. The fourth-order valence-corrected chi connectivity index (χ4v) is 3.85. The molecule has 0 unspecified atom stereocenters. The van der Waals surface area contributed by atoms with Gasteiger partial charge in [-0.2, -0.15) is 0 Å². The van der Waals surface area contributed by atoms with Crippen LogP contribution in [0.15, 0.2) is 0 Å². The quantitative estimate of drug-likeness (QED) is 0.939. The highest BCUT2D eigenvalue weighted by atomic mass is 32.1. The topological polar surface area (TPSA) is 58.1 Å². The number of nitrogens with zero attached hydrogens (tertiary/aromatic N) is 3. The fraction of sp³-hybridized carbons (Fsp3) is 0.500. The summed E-state index contributed by atoms with van der Waals surface area (Å²) in [6.45, 7) is 2.16. The van der Waals surface area contributed by atoms with Crippen molar-refractivity contribution in [2.24, 2.45) is 0 Å². The van der Waals surface area contributed by atoms with Crippen molar-refractivity contribution in [2.75, 3.05) is 26.0 Å². The molecule has 6 heteroatoms. The Kier molecular flexibility index (Phi) is 3.33. The summed E-state index contributed by atoms with van der Waals surface area (Å²) < 4.78 is 0. The van der Waals surface area contributed by atoms with Gasteiger partial charge in [0.1, 0.15) is 16.5 Å². The van der Waals surface area contributed by atoms with Gasteiger partial charge in [0.25, 0.3) is 0 Å². The maximum absolute atomic E-state index is 11.7. The number of aromatic nitrogens is 2. The highest BCUT2D eigenvalue weighted by molar-refractivity contribution is 7.19. The molecule has 2 aromatic heterocycles. The lowest BCUT2D eigenvalue weighted by molar-refractivity contribution is -0.126. The second kappa shape index (κ2) is 5.01. The largest absolute Gasteiger partial charge is 0.360 e. The average Bonchev–Trinajstić information content (AvgIpc) is 2.94. The minimum absolute atomic E-state index is 0.0429. The zero-order valence-electron chi connectivity index (χ0n) is 12.0. The Bertz CT molecular complexity index is 677. The maximum Gasteiger partial charge on any atom is 0.241 e. The van der Waals surface area contributed by atoms with Crippen molar-refractivity contribution in [3.8, 4) is 0 Å². The van der Waals surface area contributed by atoms with Gasteiger partial charge in [0.05, 0.1) is 11.9 Å². The van der Waals surface area contributed by atoms with Crippen LogP contribution in [0.1, 0.15) is 22.7 Å². The van der Waals surface area contributed by atoms with Crippen LogP contribution >= 0.6 is 11.3 Å². The van der Waals surface area contributed by atoms with Crippen LogP contribution < -0.4 is 5.32 Å². The van der Waals surface area contributed by atoms with Crippen LogP contribution in [-0.2, 0) is 17.6 Å². The van der Waals surface area contributed by atoms with E-state index in [2.05, 4.69) is 15.3 Å². The Morgan fingerprint density at radius 3 is 2.90 bits per heavy atom. The second-order valence-corrected chi connectivity index (χ2v) is 6.38. The van der Waals surface area contributed by atoms with Gasteiger partial charge in [-0.3, -0.25) is 4.79 Å². The first kappa shape index (κ1) is 13.3. The number of likely N-dealkylation sites (N-methyl/N-ethyl adjacent to an activating group) is 1. The fourth-order valence-electron chi connectivity index (χ4n) is 2.55. The summed E-state index contributed by atoms with van der Waals surface area (Å²) in [5.41, 5.74) is 1.38. The van der Waals surface area contributed by atoms with Crippen LogP contribution in [-0.4, -0.2) is 41.4 Å². The molecular formula is C14H18N4OS. The summed E-state index contributed by atoms with van der Waals surface area (Å²) >= 11 is 1.77. The standard InChI is InChI=1S/C14H18N4OS/c1-8-16-13(15-7-11(19)18(2)3)12-9-5-4-6-10(9)20-14(12)17-8/h4-7H2,1-3H3,(H,15,16,17). The minimum Gasteiger partial charge on any atom is -0.360 e. The van der Waals surface area contributed by atoms with Crippen molar-refractivity contribution in [2.45, 2.75) is 26.2 Å². The molecule has 1 amide bonds. The summed E-state index contributed by atoms with van der Waals surface area (Å²) in [5, 5.41) is 4.31. The van der Waals surface area contributed by atoms with Crippen molar-refractivity contribution < 1.29 is 4.79 Å². The first-order valence-electron chi connectivity index (χ1n) is 6.79. The molecule has 0 aliphatic heterocycles. The highest BCUT2D eigenvalue weighted by Crippen LogP contribution is 2.39. The van der Waals surface area contributed by atoms with E-state index in [0.717, 1.165) is 34.7 Å². The van der Waals surface area contributed by atoms with Gasteiger partial charge in [-0.05, 0) is 31.7 Å². The molecule has 20 heavy (non-hydrogen) atoms. The molecule has 0 saturated carbocycles. The van der Waals surface area contributed by atoms with Crippen LogP contribution in [0.4, 0.5) is 5.82 Å². The van der Waals surface area contributed by atoms with E-state index in [0.29, 0.717) is 0 Å². The van der Waals surface area contributed by atoms with E-state index in [9.17, 15) is 4.79 Å². The number of nitrogens with one attached hydrogen (secondary N) is 1. The van der Waals surface area contributed by atoms with Crippen molar-refractivity contribution in [1.82, 2.24) is 14.9 Å². The number of amides is 1. The number of rotatable bonds is 3. The lowest BCUT2D eigenvalue weighted by atomic mass is 10.2. The van der Waals surface area contributed by atoms with Gasteiger partial charge in [-0.25, -0.2) is 9.97 Å². The van der Waals surface area contributed by atoms with Gasteiger partial charge < -0.3 is 10.2 Å². The smallest absolute Gasteiger partial charge is 0.241 e. The van der Waals surface area contributed by atoms with E-state index in [1.807, 2.05) is 6.92 Å². The van der Waals surface area contributed by atoms with E-state index in [-0.39, 0.29) is 12.5 Å². The second-order valence-electron chi connectivity index (χ2n) is 5.30. The molecule has 3 rings (SSSR count). The Morgan fingerprint density at radius 1 is 1.35 bits per heavy atom. The molecule has 0 aromatic carbocycles. The number of hydrogen-bond acceptors (Lipinski definition) is 5. The Hall–Kier alpha value is -1.69. The molecular weight excluding hydrogens is 272 g/mol. The van der Waals surface area contributed by atoms with Crippen molar-refractivity contribution in [3.05, 3.63) is 16.3 Å². The molecule has 0 spiro atoms. The number of carbonyl (C=O) groups is 1. The number of aryl methyl sites for hydroxylation is 3. The van der Waals surface area contributed by atoms with Crippen molar-refractivity contribution in [1.29, 1.82) is 0 Å². The van der Waals surface area contributed by atoms with Gasteiger partial charge in [-0.15, -0.1) is 11.3 Å². The Labute approximate surface area is 122 Å². The van der Waals surface area contributed by atoms with Gasteiger partial charge in [0.2, 0.25) is 5.91 Å². The van der Waals surface area contributed by atoms with Crippen LogP contribution in [0.2, 0.25) is 0 Å². The molecule has 0 radical (unpaired) electrons. The molecule has 2 aromatic rings. The third-order valence-corrected chi connectivity index (χ3v) is 4.77. The van der Waals surface area contributed by atoms with Crippen LogP contribution in [0.5, 0.6) is 0 Å². The van der Waals surface area contributed by atoms with Gasteiger partial charge in [0, 0.05) is 19.0 Å². The summed E-state index contributed by atoms with van der Waals surface area (Å²) in [7, 11) is 3.51. The third-order valence-electron chi connectivity index (χ3n) is 3.58. The predicted molar refractivity (Wildman–Crippen MR) is 81.4 cm³/mol.